The molecule has 6 heteroatoms. The Morgan fingerprint density at radius 3 is 2.68 bits per heavy atom. The maximum absolute atomic E-state index is 13.0. The Kier molecular flexibility index (Phi) is 6.73. The number of esters is 1. The van der Waals surface area contributed by atoms with Crippen molar-refractivity contribution in [3.05, 3.63) is 45.8 Å². The molecule has 0 aliphatic heterocycles. The highest BCUT2D eigenvalue weighted by atomic mass is 32.1. The van der Waals surface area contributed by atoms with Gasteiger partial charge in [0, 0.05) is 4.88 Å². The highest BCUT2D eigenvalue weighted by molar-refractivity contribution is 7.17. The largest absolute Gasteiger partial charge is 0.492 e. The van der Waals surface area contributed by atoms with Crippen molar-refractivity contribution < 1.29 is 19.1 Å². The number of ether oxygens (including phenoxy) is 2. The van der Waals surface area contributed by atoms with Gasteiger partial charge >= 0.3 is 5.97 Å². The number of anilines is 1. The number of fused-ring (bicyclic) bond motifs is 1. The number of hydrogen-bond acceptors (Lipinski definition) is 5. The van der Waals surface area contributed by atoms with Crippen molar-refractivity contribution in [2.24, 2.45) is 5.92 Å². The Morgan fingerprint density at radius 2 is 1.93 bits per heavy atom. The molecule has 0 saturated carbocycles. The average Bonchev–Trinajstić information content (AvgIpc) is 3.04. The normalized spacial score (nSPS) is 13.1. The van der Waals surface area contributed by atoms with E-state index in [0.717, 1.165) is 31.2 Å². The van der Waals surface area contributed by atoms with Gasteiger partial charge in [-0.25, -0.2) is 4.79 Å². The van der Waals surface area contributed by atoms with Crippen molar-refractivity contribution >= 4 is 28.2 Å². The maximum Gasteiger partial charge on any atom is 0.341 e. The predicted molar refractivity (Wildman–Crippen MR) is 112 cm³/mol. The summed E-state index contributed by atoms with van der Waals surface area (Å²) in [5.41, 5.74) is 2.02. The lowest BCUT2D eigenvalue weighted by molar-refractivity contribution is 0.0526. The fraction of sp³-hybridized carbons (Fsp3) is 0.455. The third-order valence-electron chi connectivity index (χ3n) is 4.58. The Morgan fingerprint density at radius 1 is 1.18 bits per heavy atom. The zero-order chi connectivity index (χ0) is 20.1. The smallest absolute Gasteiger partial charge is 0.341 e. The molecule has 0 atom stereocenters. The van der Waals surface area contributed by atoms with Gasteiger partial charge in [0.05, 0.1) is 24.3 Å². The SMILES string of the molecule is CCOC(=O)c1c(NC(=O)c2ccccc2OCC(C)C)sc2c1CCCC2. The second-order valence-corrected chi connectivity index (χ2v) is 8.40. The lowest BCUT2D eigenvalue weighted by Gasteiger charge is -2.14. The summed E-state index contributed by atoms with van der Waals surface area (Å²) in [6.45, 7) is 6.75. The summed E-state index contributed by atoms with van der Waals surface area (Å²) in [5.74, 6) is 0.272. The monoisotopic (exact) mass is 401 g/mol. The predicted octanol–water partition coefficient (Wildman–Crippen LogP) is 5.09. The molecule has 0 unspecified atom stereocenters. The molecule has 1 heterocycles. The third kappa shape index (κ3) is 4.55. The second-order valence-electron chi connectivity index (χ2n) is 7.29. The number of amides is 1. The summed E-state index contributed by atoms with van der Waals surface area (Å²) in [5, 5.41) is 3.53. The van der Waals surface area contributed by atoms with Gasteiger partial charge in [-0.05, 0) is 56.2 Å². The summed E-state index contributed by atoms with van der Waals surface area (Å²) in [7, 11) is 0. The summed E-state index contributed by atoms with van der Waals surface area (Å²) in [6, 6.07) is 7.19. The first-order chi connectivity index (χ1) is 13.5. The third-order valence-corrected chi connectivity index (χ3v) is 5.79. The van der Waals surface area contributed by atoms with Crippen molar-refractivity contribution in [1.82, 2.24) is 0 Å². The number of rotatable bonds is 7. The van der Waals surface area contributed by atoms with Gasteiger partial charge < -0.3 is 14.8 Å². The number of thiophene rings is 1. The Balaban J connectivity index is 1.89. The van der Waals surface area contributed by atoms with Crippen LogP contribution in [0.2, 0.25) is 0 Å². The molecule has 1 aliphatic carbocycles. The highest BCUT2D eigenvalue weighted by Crippen LogP contribution is 2.39. The molecule has 0 bridgehead atoms. The lowest BCUT2D eigenvalue weighted by Crippen LogP contribution is -2.17. The zero-order valence-electron chi connectivity index (χ0n) is 16.7. The average molecular weight is 402 g/mol. The lowest BCUT2D eigenvalue weighted by atomic mass is 9.95. The van der Waals surface area contributed by atoms with Crippen molar-refractivity contribution in [3.63, 3.8) is 0 Å². The Hall–Kier alpha value is -2.34. The highest BCUT2D eigenvalue weighted by Gasteiger charge is 2.27. The van der Waals surface area contributed by atoms with Gasteiger partial charge in [-0.2, -0.15) is 0 Å². The quantitative estimate of drug-likeness (QED) is 0.656. The van der Waals surface area contributed by atoms with Gasteiger partial charge in [0.1, 0.15) is 10.8 Å². The molecule has 1 aromatic heterocycles. The van der Waals surface area contributed by atoms with Gasteiger partial charge in [-0.3, -0.25) is 4.79 Å². The minimum atomic E-state index is -0.360. The molecule has 5 nitrogen and oxygen atoms in total. The van der Waals surface area contributed by atoms with E-state index in [0.29, 0.717) is 41.0 Å². The summed E-state index contributed by atoms with van der Waals surface area (Å²) in [6.07, 6.45) is 3.95. The standard InChI is InChI=1S/C22H27NO4S/c1-4-26-22(25)19-16-10-6-8-12-18(16)28-21(19)23-20(24)15-9-5-7-11-17(15)27-13-14(2)3/h5,7,9,11,14H,4,6,8,10,12-13H2,1-3H3,(H,23,24). The summed E-state index contributed by atoms with van der Waals surface area (Å²) in [4.78, 5) is 26.7. The molecule has 2 aromatic rings. The molecule has 1 amide bonds. The van der Waals surface area contributed by atoms with Crippen LogP contribution >= 0.6 is 11.3 Å². The van der Waals surface area contributed by atoms with Crippen LogP contribution in [0.15, 0.2) is 24.3 Å². The Labute approximate surface area is 170 Å². The zero-order valence-corrected chi connectivity index (χ0v) is 17.5. The minimum Gasteiger partial charge on any atom is -0.492 e. The maximum atomic E-state index is 13.0. The molecule has 3 rings (SSSR count). The molecule has 28 heavy (non-hydrogen) atoms. The molecule has 0 saturated heterocycles. The first-order valence-electron chi connectivity index (χ1n) is 9.86. The molecule has 1 aliphatic rings. The van der Waals surface area contributed by atoms with Crippen molar-refractivity contribution in [3.8, 4) is 5.75 Å². The van der Waals surface area contributed by atoms with E-state index in [-0.39, 0.29) is 11.9 Å². The van der Waals surface area contributed by atoms with Crippen LogP contribution < -0.4 is 10.1 Å². The molecule has 1 N–H and O–H groups in total. The van der Waals surface area contributed by atoms with Crippen LogP contribution in [-0.2, 0) is 17.6 Å². The molecule has 0 radical (unpaired) electrons. The van der Waals surface area contributed by atoms with Crippen molar-refractivity contribution in [1.29, 1.82) is 0 Å². The fourth-order valence-corrected chi connectivity index (χ4v) is 4.55. The van der Waals surface area contributed by atoms with Gasteiger partial charge in [-0.1, -0.05) is 26.0 Å². The number of hydrogen-bond donors (Lipinski definition) is 1. The van der Waals surface area contributed by atoms with Crippen LogP contribution in [-0.4, -0.2) is 25.1 Å². The molecule has 150 valence electrons. The molecule has 0 fully saturated rings. The van der Waals surface area contributed by atoms with E-state index in [4.69, 9.17) is 9.47 Å². The van der Waals surface area contributed by atoms with E-state index in [1.807, 2.05) is 12.1 Å². The minimum absolute atomic E-state index is 0.275. The first-order valence-corrected chi connectivity index (χ1v) is 10.7. The number of carbonyl (C=O) groups is 2. The van der Waals surface area contributed by atoms with Crippen LogP contribution in [0.25, 0.3) is 0 Å². The number of nitrogens with one attached hydrogen (secondary N) is 1. The first kappa shape index (κ1) is 20.4. The summed E-state index contributed by atoms with van der Waals surface area (Å²) < 4.78 is 11.1. The van der Waals surface area contributed by atoms with Gasteiger partial charge in [0.25, 0.3) is 5.91 Å². The number of aryl methyl sites for hydroxylation is 1. The number of benzene rings is 1. The van der Waals surface area contributed by atoms with Crippen LogP contribution in [0, 0.1) is 5.92 Å². The van der Waals surface area contributed by atoms with E-state index < -0.39 is 0 Å². The molecule has 0 spiro atoms. The van der Waals surface area contributed by atoms with Crippen LogP contribution in [0.5, 0.6) is 5.75 Å². The fourth-order valence-electron chi connectivity index (χ4n) is 3.28. The van der Waals surface area contributed by atoms with Gasteiger partial charge in [-0.15, -0.1) is 11.3 Å². The summed E-state index contributed by atoms with van der Waals surface area (Å²) >= 11 is 1.49. The van der Waals surface area contributed by atoms with E-state index in [9.17, 15) is 9.59 Å². The topological polar surface area (TPSA) is 64.6 Å². The van der Waals surface area contributed by atoms with E-state index >= 15 is 0 Å². The van der Waals surface area contributed by atoms with Crippen LogP contribution in [0.1, 0.15) is 64.8 Å². The Bertz CT molecular complexity index is 856. The molecule has 1 aromatic carbocycles. The van der Waals surface area contributed by atoms with E-state index in [1.54, 1.807) is 19.1 Å². The van der Waals surface area contributed by atoms with E-state index in [2.05, 4.69) is 19.2 Å². The molecular weight excluding hydrogens is 374 g/mol. The van der Waals surface area contributed by atoms with Crippen molar-refractivity contribution in [2.75, 3.05) is 18.5 Å². The van der Waals surface area contributed by atoms with Gasteiger partial charge in [0.15, 0.2) is 0 Å². The second kappa shape index (κ2) is 9.24. The van der Waals surface area contributed by atoms with Gasteiger partial charge in [0.2, 0.25) is 0 Å². The number of para-hydroxylation sites is 1. The number of carbonyl (C=O) groups excluding carboxylic acids is 2. The molecular formula is C22H27NO4S. The van der Waals surface area contributed by atoms with Crippen LogP contribution in [0.3, 0.4) is 0 Å². The van der Waals surface area contributed by atoms with Crippen LogP contribution in [0.4, 0.5) is 5.00 Å². The van der Waals surface area contributed by atoms with Crippen molar-refractivity contribution in [2.45, 2.75) is 46.5 Å². The van der Waals surface area contributed by atoms with E-state index in [1.165, 1.54) is 16.2 Å².